The molecule has 1 fully saturated rings. The second kappa shape index (κ2) is 9.08. The molecule has 1 atom stereocenters. The Morgan fingerprint density at radius 2 is 2.07 bits per heavy atom. The van der Waals surface area contributed by atoms with E-state index in [0.717, 1.165) is 49.8 Å². The Kier molecular flexibility index (Phi) is 6.90. The molecule has 30 heavy (non-hydrogen) atoms. The van der Waals surface area contributed by atoms with Crippen LogP contribution in [0.5, 0.6) is 0 Å². The third kappa shape index (κ3) is 4.56. The Labute approximate surface area is 176 Å². The molecule has 1 saturated carbocycles. The molecule has 0 bridgehead atoms. The van der Waals surface area contributed by atoms with E-state index in [0.29, 0.717) is 17.1 Å². The van der Waals surface area contributed by atoms with E-state index in [-0.39, 0.29) is 25.1 Å². The van der Waals surface area contributed by atoms with Crippen LogP contribution < -0.4 is 0 Å². The van der Waals surface area contributed by atoms with Crippen molar-refractivity contribution in [2.75, 3.05) is 6.61 Å². The lowest BCUT2D eigenvalue weighted by Crippen LogP contribution is -2.30. The van der Waals surface area contributed by atoms with Crippen LogP contribution in [0.3, 0.4) is 0 Å². The fourth-order valence-electron chi connectivity index (χ4n) is 4.05. The molecule has 4 nitrogen and oxygen atoms in total. The monoisotopic (exact) mass is 423 g/mol. The van der Waals surface area contributed by atoms with Crippen LogP contribution in [0.25, 0.3) is 16.7 Å². The van der Waals surface area contributed by atoms with E-state index in [1.165, 1.54) is 0 Å². The summed E-state index contributed by atoms with van der Waals surface area (Å²) >= 11 is 0. The maximum Gasteiger partial charge on any atom is 0.399 e. The summed E-state index contributed by atoms with van der Waals surface area (Å²) < 4.78 is 42.4. The molecule has 1 aliphatic carbocycles. The van der Waals surface area contributed by atoms with Gasteiger partial charge in [0.1, 0.15) is 10.9 Å². The second-order valence-electron chi connectivity index (χ2n) is 8.68. The quantitative estimate of drug-likeness (QED) is 0.482. The van der Waals surface area contributed by atoms with Gasteiger partial charge in [-0.2, -0.15) is 13.2 Å². The summed E-state index contributed by atoms with van der Waals surface area (Å²) in [6.45, 7) is 4.35. The smallest absolute Gasteiger partial charge is 0.396 e. The van der Waals surface area contributed by atoms with Crippen LogP contribution in [0.2, 0.25) is 0 Å². The average Bonchev–Trinajstić information content (AvgIpc) is 3.47. The molecule has 0 aromatic carbocycles. The van der Waals surface area contributed by atoms with Gasteiger partial charge in [0, 0.05) is 19.3 Å². The van der Waals surface area contributed by atoms with E-state index in [1.54, 1.807) is 23.9 Å². The second-order valence-corrected chi connectivity index (χ2v) is 8.68. The molecule has 2 aromatic rings. The Balaban J connectivity index is 1.85. The zero-order valence-electron chi connectivity index (χ0n) is 18.1. The number of allylic oxidation sites excluding steroid dienone is 2. The minimum absolute atomic E-state index is 0.126. The van der Waals surface area contributed by atoms with Crippen LogP contribution in [0.4, 0.5) is 13.2 Å². The molecule has 0 aliphatic heterocycles. The first kappa shape index (κ1) is 22.8. The van der Waals surface area contributed by atoms with Crippen molar-refractivity contribution in [1.82, 2.24) is 14.5 Å². The van der Waals surface area contributed by atoms with Crippen LogP contribution in [0, 0.1) is 5.92 Å². The standard InChI is InChI=1S/C23H32F3N3O/c1-4-5-9-17(10-7-6-8-16(2)15-30)19-14-27-18-13-20(29(3)21(18)28-19)22(11-12-22)23(24,25)26/h9,13-14,16,30H,4-8,10-12,15H2,1-3H3/b17-9-. The fourth-order valence-corrected chi connectivity index (χ4v) is 4.05. The maximum atomic E-state index is 13.6. The van der Waals surface area contributed by atoms with E-state index in [9.17, 15) is 18.3 Å². The number of alkyl halides is 3. The molecule has 7 heteroatoms. The predicted octanol–water partition coefficient (Wildman–Crippen LogP) is 5.93. The highest BCUT2D eigenvalue weighted by Gasteiger charge is 2.65. The molecular formula is C23H32F3N3O. The van der Waals surface area contributed by atoms with Gasteiger partial charge < -0.3 is 9.67 Å². The minimum Gasteiger partial charge on any atom is -0.396 e. The molecule has 0 spiro atoms. The van der Waals surface area contributed by atoms with Crippen molar-refractivity contribution >= 4 is 16.7 Å². The predicted molar refractivity (Wildman–Crippen MR) is 113 cm³/mol. The van der Waals surface area contributed by atoms with Gasteiger partial charge >= 0.3 is 6.18 Å². The Morgan fingerprint density at radius 1 is 1.33 bits per heavy atom. The number of nitrogens with zero attached hydrogens (tertiary/aromatic N) is 3. The van der Waals surface area contributed by atoms with Crippen LogP contribution in [-0.4, -0.2) is 32.4 Å². The maximum absolute atomic E-state index is 13.6. The molecule has 1 N–H and O–H groups in total. The number of halogens is 3. The summed E-state index contributed by atoms with van der Waals surface area (Å²) in [6, 6.07) is 1.55. The first-order valence-corrected chi connectivity index (χ1v) is 10.9. The Bertz CT molecular complexity index is 897. The van der Waals surface area contributed by atoms with Gasteiger partial charge in [0.2, 0.25) is 0 Å². The molecule has 2 aromatic heterocycles. The summed E-state index contributed by atoms with van der Waals surface area (Å²) in [5.74, 6) is 0.300. The number of fused-ring (bicyclic) bond motifs is 1. The summed E-state index contributed by atoms with van der Waals surface area (Å²) in [5.41, 5.74) is 1.39. The largest absolute Gasteiger partial charge is 0.399 e. The molecule has 1 aliphatic rings. The number of aliphatic hydroxyl groups is 1. The normalized spacial score (nSPS) is 17.5. The lowest BCUT2D eigenvalue weighted by Gasteiger charge is -2.19. The zero-order valence-corrected chi connectivity index (χ0v) is 18.1. The SMILES string of the molecule is CCC/C=C(/CCCCC(C)CO)c1cnc2cc(C3(C(F)(F)F)CC3)n(C)c2n1. The van der Waals surface area contributed by atoms with Gasteiger partial charge in [-0.1, -0.05) is 32.8 Å². The van der Waals surface area contributed by atoms with Gasteiger partial charge in [0.15, 0.2) is 5.65 Å². The first-order chi connectivity index (χ1) is 14.2. The number of aryl methyl sites for hydroxylation is 1. The van der Waals surface area contributed by atoms with E-state index in [2.05, 4.69) is 18.0 Å². The van der Waals surface area contributed by atoms with Crippen molar-refractivity contribution < 1.29 is 18.3 Å². The van der Waals surface area contributed by atoms with Crippen molar-refractivity contribution in [1.29, 1.82) is 0 Å². The molecule has 2 heterocycles. The number of hydrogen-bond acceptors (Lipinski definition) is 3. The molecule has 0 amide bonds. The first-order valence-electron chi connectivity index (χ1n) is 10.9. The molecule has 1 unspecified atom stereocenters. The summed E-state index contributed by atoms with van der Waals surface area (Å²) in [6.07, 6.45) is 5.63. The van der Waals surface area contributed by atoms with Crippen molar-refractivity contribution in [2.45, 2.75) is 76.8 Å². The molecule has 0 radical (unpaired) electrons. The van der Waals surface area contributed by atoms with Crippen molar-refractivity contribution in [3.05, 3.63) is 29.7 Å². The lowest BCUT2D eigenvalue weighted by molar-refractivity contribution is -0.162. The van der Waals surface area contributed by atoms with Crippen molar-refractivity contribution in [3.63, 3.8) is 0 Å². The number of aromatic nitrogens is 3. The van der Waals surface area contributed by atoms with Gasteiger partial charge in [0.25, 0.3) is 0 Å². The van der Waals surface area contributed by atoms with Gasteiger partial charge in [-0.15, -0.1) is 0 Å². The van der Waals surface area contributed by atoms with E-state index < -0.39 is 11.6 Å². The highest BCUT2D eigenvalue weighted by Crippen LogP contribution is 2.59. The summed E-state index contributed by atoms with van der Waals surface area (Å²) in [4.78, 5) is 9.19. The molecule has 0 saturated heterocycles. The lowest BCUT2D eigenvalue weighted by atomic mass is 9.99. The average molecular weight is 424 g/mol. The number of unbranched alkanes of at least 4 members (excludes halogenated alkanes) is 2. The molecule has 166 valence electrons. The van der Waals surface area contributed by atoms with Gasteiger partial charge in [0.05, 0.1) is 11.9 Å². The Morgan fingerprint density at radius 3 is 2.67 bits per heavy atom. The molecular weight excluding hydrogens is 391 g/mol. The number of hydrogen-bond donors (Lipinski definition) is 1. The highest BCUT2D eigenvalue weighted by molar-refractivity contribution is 5.76. The van der Waals surface area contributed by atoms with E-state index in [1.807, 2.05) is 6.92 Å². The zero-order chi connectivity index (χ0) is 21.9. The number of aliphatic hydroxyl groups excluding tert-OH is 1. The highest BCUT2D eigenvalue weighted by atomic mass is 19.4. The van der Waals surface area contributed by atoms with Crippen LogP contribution in [0.1, 0.15) is 76.6 Å². The number of rotatable bonds is 10. The van der Waals surface area contributed by atoms with Gasteiger partial charge in [-0.3, -0.25) is 4.98 Å². The van der Waals surface area contributed by atoms with Crippen molar-refractivity contribution in [3.8, 4) is 0 Å². The van der Waals surface area contributed by atoms with Gasteiger partial charge in [-0.25, -0.2) is 4.98 Å². The van der Waals surface area contributed by atoms with Crippen LogP contribution in [0.15, 0.2) is 18.3 Å². The van der Waals surface area contributed by atoms with E-state index >= 15 is 0 Å². The van der Waals surface area contributed by atoms with Crippen molar-refractivity contribution in [2.24, 2.45) is 13.0 Å². The third-order valence-corrected chi connectivity index (χ3v) is 6.23. The van der Waals surface area contributed by atoms with Crippen LogP contribution in [-0.2, 0) is 12.5 Å². The molecule has 3 rings (SSSR count). The topological polar surface area (TPSA) is 50.9 Å². The van der Waals surface area contributed by atoms with Crippen LogP contribution >= 0.6 is 0 Å². The van der Waals surface area contributed by atoms with Gasteiger partial charge in [-0.05, 0) is 56.1 Å². The minimum atomic E-state index is -4.25. The third-order valence-electron chi connectivity index (χ3n) is 6.23. The Hall–Kier alpha value is -1.89. The summed E-state index contributed by atoms with van der Waals surface area (Å²) in [5, 5.41) is 9.18. The fraction of sp³-hybridized carbons (Fsp3) is 0.652. The summed E-state index contributed by atoms with van der Waals surface area (Å²) in [7, 11) is 1.66. The van der Waals surface area contributed by atoms with E-state index in [4.69, 9.17) is 4.98 Å².